The van der Waals surface area contributed by atoms with E-state index in [9.17, 15) is 13.2 Å². The summed E-state index contributed by atoms with van der Waals surface area (Å²) in [6, 6.07) is -0.189. The van der Waals surface area contributed by atoms with Crippen molar-refractivity contribution in [1.82, 2.24) is 9.88 Å². The highest BCUT2D eigenvalue weighted by molar-refractivity contribution is 7.91. The molecule has 106 valence electrons. The number of thiazole rings is 1. The van der Waals surface area contributed by atoms with Gasteiger partial charge in [0.1, 0.15) is 5.69 Å². The van der Waals surface area contributed by atoms with Gasteiger partial charge in [0.25, 0.3) is 5.91 Å². The summed E-state index contributed by atoms with van der Waals surface area (Å²) in [5, 5.41) is 1.71. The lowest BCUT2D eigenvalue weighted by molar-refractivity contribution is 0.0689. The van der Waals surface area contributed by atoms with Gasteiger partial charge in [0.2, 0.25) is 0 Å². The van der Waals surface area contributed by atoms with Gasteiger partial charge >= 0.3 is 0 Å². The molecule has 5 nitrogen and oxygen atoms in total. The molecule has 0 N–H and O–H groups in total. The summed E-state index contributed by atoms with van der Waals surface area (Å²) < 4.78 is 23.2. The molecule has 0 radical (unpaired) electrons. The second-order valence-electron chi connectivity index (χ2n) is 4.78. The highest BCUT2D eigenvalue weighted by Gasteiger charge is 2.35. The molecule has 2 heterocycles. The monoisotopic (exact) mass is 302 g/mol. The Morgan fingerprint density at radius 3 is 2.89 bits per heavy atom. The van der Waals surface area contributed by atoms with Crippen LogP contribution in [0, 0.1) is 0 Å². The molecule has 0 aromatic carbocycles. The van der Waals surface area contributed by atoms with Gasteiger partial charge in [0, 0.05) is 18.0 Å². The molecule has 1 atom stereocenters. The Hall–Kier alpha value is -0.950. The molecule has 1 fully saturated rings. The van der Waals surface area contributed by atoms with Crippen LogP contribution in [0.4, 0.5) is 0 Å². The van der Waals surface area contributed by atoms with Crippen LogP contribution in [0.15, 0.2) is 10.9 Å². The number of hydrogen-bond acceptors (Lipinski definition) is 5. The van der Waals surface area contributed by atoms with E-state index in [1.54, 1.807) is 15.8 Å². The first-order valence-corrected chi connectivity index (χ1v) is 9.19. The fraction of sp³-hybridized carbons (Fsp3) is 0.667. The summed E-state index contributed by atoms with van der Waals surface area (Å²) in [5.74, 6) is 0.133. The summed E-state index contributed by atoms with van der Waals surface area (Å²) in [5.41, 5.74) is 2.04. The van der Waals surface area contributed by atoms with E-state index in [4.69, 9.17) is 0 Å². The third-order valence-electron chi connectivity index (χ3n) is 3.31. The SMILES string of the molecule is CCCCN(C(=O)c1cscn1)C1CCS(=O)(=O)C1. The second-order valence-corrected chi connectivity index (χ2v) is 7.73. The molecule has 1 unspecified atom stereocenters. The van der Waals surface area contributed by atoms with E-state index in [1.165, 1.54) is 11.3 Å². The van der Waals surface area contributed by atoms with Crippen molar-refractivity contribution in [3.05, 3.63) is 16.6 Å². The Morgan fingerprint density at radius 1 is 1.58 bits per heavy atom. The van der Waals surface area contributed by atoms with Crippen molar-refractivity contribution in [2.75, 3.05) is 18.1 Å². The first-order chi connectivity index (χ1) is 9.03. The van der Waals surface area contributed by atoms with Gasteiger partial charge in [-0.25, -0.2) is 13.4 Å². The molecule has 1 aliphatic rings. The fourth-order valence-electron chi connectivity index (χ4n) is 2.26. The largest absolute Gasteiger partial charge is 0.333 e. The number of amides is 1. The van der Waals surface area contributed by atoms with Crippen LogP contribution in [-0.4, -0.2) is 48.3 Å². The average Bonchev–Trinajstić information content (AvgIpc) is 2.99. The van der Waals surface area contributed by atoms with Crippen molar-refractivity contribution in [2.24, 2.45) is 0 Å². The molecule has 0 saturated carbocycles. The van der Waals surface area contributed by atoms with Crippen molar-refractivity contribution in [1.29, 1.82) is 0 Å². The minimum Gasteiger partial charge on any atom is -0.333 e. The Balaban J connectivity index is 2.14. The molecule has 1 aromatic rings. The van der Waals surface area contributed by atoms with Crippen LogP contribution in [0.5, 0.6) is 0 Å². The second kappa shape index (κ2) is 6.00. The number of aromatic nitrogens is 1. The minimum atomic E-state index is -2.98. The number of nitrogens with zero attached hydrogens (tertiary/aromatic N) is 2. The van der Waals surface area contributed by atoms with Gasteiger partial charge in [0.15, 0.2) is 9.84 Å². The maximum Gasteiger partial charge on any atom is 0.273 e. The van der Waals surface area contributed by atoms with Crippen LogP contribution in [0.1, 0.15) is 36.7 Å². The van der Waals surface area contributed by atoms with Gasteiger partial charge in [-0.3, -0.25) is 4.79 Å². The fourth-order valence-corrected chi connectivity index (χ4v) is 4.52. The maximum atomic E-state index is 12.4. The molecule has 0 spiro atoms. The van der Waals surface area contributed by atoms with E-state index in [-0.39, 0.29) is 23.5 Å². The first-order valence-electron chi connectivity index (χ1n) is 6.43. The lowest BCUT2D eigenvalue weighted by Crippen LogP contribution is -2.41. The summed E-state index contributed by atoms with van der Waals surface area (Å²) in [7, 11) is -2.98. The van der Waals surface area contributed by atoms with Crippen LogP contribution < -0.4 is 0 Å². The molecule has 7 heteroatoms. The molecular weight excluding hydrogens is 284 g/mol. The van der Waals surface area contributed by atoms with Gasteiger partial charge in [-0.1, -0.05) is 13.3 Å². The van der Waals surface area contributed by atoms with Gasteiger partial charge in [-0.05, 0) is 12.8 Å². The summed E-state index contributed by atoms with van der Waals surface area (Å²) in [6.45, 7) is 2.66. The molecule has 1 saturated heterocycles. The van der Waals surface area contributed by atoms with Crippen molar-refractivity contribution >= 4 is 27.1 Å². The Bertz CT molecular complexity index is 525. The van der Waals surface area contributed by atoms with Crippen molar-refractivity contribution in [3.8, 4) is 0 Å². The average molecular weight is 302 g/mol. The number of sulfone groups is 1. The molecule has 19 heavy (non-hydrogen) atoms. The molecule has 1 amide bonds. The van der Waals surface area contributed by atoms with Gasteiger partial charge in [0.05, 0.1) is 17.0 Å². The van der Waals surface area contributed by atoms with Crippen LogP contribution >= 0.6 is 11.3 Å². The van der Waals surface area contributed by atoms with E-state index in [1.807, 2.05) is 0 Å². The number of hydrogen-bond donors (Lipinski definition) is 0. The zero-order valence-electron chi connectivity index (χ0n) is 10.9. The highest BCUT2D eigenvalue weighted by atomic mass is 32.2. The summed E-state index contributed by atoms with van der Waals surface area (Å²) in [4.78, 5) is 18.1. The predicted molar refractivity (Wildman–Crippen MR) is 75.1 cm³/mol. The van der Waals surface area contributed by atoms with Gasteiger partial charge < -0.3 is 4.90 Å². The van der Waals surface area contributed by atoms with Gasteiger partial charge in [-0.2, -0.15) is 0 Å². The lowest BCUT2D eigenvalue weighted by atomic mass is 10.2. The summed E-state index contributed by atoms with van der Waals surface area (Å²) in [6.07, 6.45) is 2.40. The van der Waals surface area contributed by atoms with Crippen molar-refractivity contribution in [3.63, 3.8) is 0 Å². The highest BCUT2D eigenvalue weighted by Crippen LogP contribution is 2.20. The molecule has 1 aromatic heterocycles. The predicted octanol–water partition coefficient (Wildman–Crippen LogP) is 1.57. The lowest BCUT2D eigenvalue weighted by Gasteiger charge is -2.27. The van der Waals surface area contributed by atoms with E-state index in [2.05, 4.69) is 11.9 Å². The van der Waals surface area contributed by atoms with E-state index in [0.717, 1.165) is 12.8 Å². The number of unbranched alkanes of at least 4 members (excludes halogenated alkanes) is 1. The van der Waals surface area contributed by atoms with Gasteiger partial charge in [-0.15, -0.1) is 11.3 Å². The quantitative estimate of drug-likeness (QED) is 0.828. The minimum absolute atomic E-state index is 0.0899. The Kier molecular flexibility index (Phi) is 4.57. The van der Waals surface area contributed by atoms with Crippen LogP contribution in [0.3, 0.4) is 0 Å². The Morgan fingerprint density at radius 2 is 2.37 bits per heavy atom. The summed E-state index contributed by atoms with van der Waals surface area (Å²) >= 11 is 1.37. The van der Waals surface area contributed by atoms with E-state index in [0.29, 0.717) is 18.7 Å². The topological polar surface area (TPSA) is 67.3 Å². The van der Waals surface area contributed by atoms with Crippen molar-refractivity contribution < 1.29 is 13.2 Å². The molecule has 2 rings (SSSR count). The Labute approximate surface area is 117 Å². The van der Waals surface area contributed by atoms with Crippen molar-refractivity contribution in [2.45, 2.75) is 32.2 Å². The molecule has 1 aliphatic heterocycles. The molecular formula is C12H18N2O3S2. The van der Waals surface area contributed by atoms with Crippen LogP contribution in [0.25, 0.3) is 0 Å². The zero-order valence-corrected chi connectivity index (χ0v) is 12.5. The molecule has 0 aliphatic carbocycles. The number of carbonyl (C=O) groups excluding carboxylic acids is 1. The smallest absolute Gasteiger partial charge is 0.273 e. The number of carbonyl (C=O) groups is 1. The first kappa shape index (κ1) is 14.5. The van der Waals surface area contributed by atoms with Crippen LogP contribution in [0.2, 0.25) is 0 Å². The molecule has 0 bridgehead atoms. The number of rotatable bonds is 5. The standard InChI is InChI=1S/C12H18N2O3S2/c1-2-3-5-14(10-4-6-19(16,17)8-10)12(15)11-7-18-9-13-11/h7,9-10H,2-6,8H2,1H3. The maximum absolute atomic E-state index is 12.4. The van der Waals surface area contributed by atoms with E-state index >= 15 is 0 Å². The van der Waals surface area contributed by atoms with E-state index < -0.39 is 9.84 Å². The third kappa shape index (κ3) is 3.54. The van der Waals surface area contributed by atoms with Crippen LogP contribution in [-0.2, 0) is 9.84 Å². The normalized spacial score (nSPS) is 21.4. The third-order valence-corrected chi connectivity index (χ3v) is 5.65. The zero-order chi connectivity index (χ0) is 13.9.